The molecule has 0 radical (unpaired) electrons. The van der Waals surface area contributed by atoms with E-state index in [1.807, 2.05) is 6.07 Å². The summed E-state index contributed by atoms with van der Waals surface area (Å²) in [4.78, 5) is 18.7. The van der Waals surface area contributed by atoms with E-state index < -0.39 is 5.97 Å². The fourth-order valence-electron chi connectivity index (χ4n) is 1.21. The molecule has 2 heterocycles. The molecule has 5 heteroatoms. The van der Waals surface area contributed by atoms with Gasteiger partial charge in [0, 0.05) is 18.0 Å². The second-order valence-electron chi connectivity index (χ2n) is 2.93. The third-order valence-corrected chi connectivity index (χ3v) is 1.92. The predicted molar refractivity (Wildman–Crippen MR) is 51.8 cm³/mol. The Bertz CT molecular complexity index is 488. The summed E-state index contributed by atoms with van der Waals surface area (Å²) in [5, 5.41) is 10.6. The van der Waals surface area contributed by atoms with Crippen molar-refractivity contribution in [2.24, 2.45) is 0 Å². The van der Waals surface area contributed by atoms with Gasteiger partial charge in [0.25, 0.3) is 0 Å². The van der Waals surface area contributed by atoms with Gasteiger partial charge in [-0.05, 0) is 24.3 Å². The summed E-state index contributed by atoms with van der Waals surface area (Å²) in [6.07, 6.45) is 3.05. The van der Waals surface area contributed by atoms with Crippen LogP contribution in [-0.2, 0) is 0 Å². The van der Waals surface area contributed by atoms with Crippen LogP contribution >= 0.6 is 0 Å². The van der Waals surface area contributed by atoms with Crippen LogP contribution < -0.4 is 34.7 Å². The summed E-state index contributed by atoms with van der Waals surface area (Å²) < 4.78 is 0. The van der Waals surface area contributed by atoms with Crippen molar-refractivity contribution >= 4 is 5.97 Å². The summed E-state index contributed by atoms with van der Waals surface area (Å²) in [6, 6.07) is 8.20. The molecule has 0 atom stereocenters. The number of carbonyl (C=O) groups is 1. The average molecular weight is 222 g/mol. The molecule has 0 fully saturated rings. The van der Waals surface area contributed by atoms with Gasteiger partial charge in [0.05, 0.1) is 17.4 Å². The van der Waals surface area contributed by atoms with Crippen LogP contribution in [-0.4, -0.2) is 15.9 Å². The summed E-state index contributed by atoms with van der Waals surface area (Å²) in [5.74, 6) is -1.21. The molecule has 0 N–H and O–H groups in total. The molecule has 16 heavy (non-hydrogen) atoms. The zero-order valence-electron chi connectivity index (χ0n) is 8.75. The number of aromatic nitrogens is 2. The molecule has 74 valence electrons. The second kappa shape index (κ2) is 5.75. The van der Waals surface area contributed by atoms with E-state index in [1.54, 1.807) is 18.3 Å². The maximum atomic E-state index is 10.6. The molecule has 0 aliphatic carbocycles. The van der Waals surface area contributed by atoms with Crippen molar-refractivity contribution in [3.8, 4) is 11.4 Å². The number of carbonyl (C=O) groups excluding carboxylic acids is 1. The fourth-order valence-corrected chi connectivity index (χ4v) is 1.21. The van der Waals surface area contributed by atoms with Gasteiger partial charge in [0.1, 0.15) is 0 Å². The predicted octanol–water partition coefficient (Wildman–Crippen LogP) is -2.49. The molecule has 0 saturated heterocycles. The van der Waals surface area contributed by atoms with Crippen LogP contribution in [0.3, 0.4) is 0 Å². The molecule has 0 aliphatic rings. The van der Waals surface area contributed by atoms with E-state index in [2.05, 4.69) is 9.97 Å². The minimum Gasteiger partial charge on any atom is -0.545 e. The largest absolute Gasteiger partial charge is 1.00 e. The normalized spacial score (nSPS) is 9.25. The Balaban J connectivity index is 0.00000128. The van der Waals surface area contributed by atoms with Gasteiger partial charge in [-0.2, -0.15) is 0 Å². The van der Waals surface area contributed by atoms with Gasteiger partial charge in [0.2, 0.25) is 0 Å². The Morgan fingerprint density at radius 2 is 1.81 bits per heavy atom. The first-order chi connectivity index (χ1) is 7.27. The van der Waals surface area contributed by atoms with Crippen molar-refractivity contribution in [1.82, 2.24) is 9.97 Å². The summed E-state index contributed by atoms with van der Waals surface area (Å²) in [5.41, 5.74) is 1.27. The third kappa shape index (κ3) is 2.88. The van der Waals surface area contributed by atoms with E-state index in [-0.39, 0.29) is 35.1 Å². The van der Waals surface area contributed by atoms with Crippen molar-refractivity contribution < 1.29 is 39.5 Å². The van der Waals surface area contributed by atoms with Gasteiger partial charge in [-0.1, -0.05) is 6.07 Å². The van der Waals surface area contributed by atoms with E-state index in [4.69, 9.17) is 0 Å². The van der Waals surface area contributed by atoms with Crippen LogP contribution in [0.25, 0.3) is 11.4 Å². The Morgan fingerprint density at radius 3 is 2.44 bits per heavy atom. The molecule has 0 bridgehead atoms. The first kappa shape index (κ1) is 12.8. The number of hydrogen-bond donors (Lipinski definition) is 0. The molecule has 0 aromatic carbocycles. The summed E-state index contributed by atoms with van der Waals surface area (Å²) in [7, 11) is 0. The Kier molecular flexibility index (Phi) is 4.61. The molecule has 0 amide bonds. The van der Waals surface area contributed by atoms with E-state index in [0.717, 1.165) is 0 Å². The molecule has 2 aromatic rings. The molecule has 0 unspecified atom stereocenters. The summed E-state index contributed by atoms with van der Waals surface area (Å²) >= 11 is 0. The Hall–Kier alpha value is -1.23. The van der Waals surface area contributed by atoms with Crippen molar-refractivity contribution in [2.75, 3.05) is 0 Å². The van der Waals surface area contributed by atoms with Crippen LogP contribution in [0.4, 0.5) is 0 Å². The topological polar surface area (TPSA) is 65.9 Å². The number of rotatable bonds is 2. The molecule has 0 spiro atoms. The fraction of sp³-hybridized carbons (Fsp3) is 0. The quantitative estimate of drug-likeness (QED) is 0.527. The van der Waals surface area contributed by atoms with E-state index in [9.17, 15) is 9.90 Å². The number of aromatic carboxylic acids is 1. The minimum atomic E-state index is -1.21. The zero-order chi connectivity index (χ0) is 10.7. The maximum absolute atomic E-state index is 10.6. The van der Waals surface area contributed by atoms with E-state index in [0.29, 0.717) is 11.4 Å². The monoisotopic (exact) mass is 222 g/mol. The van der Waals surface area contributed by atoms with Crippen LogP contribution in [0.2, 0.25) is 0 Å². The Labute approximate surface area is 115 Å². The molecule has 0 saturated carbocycles. The van der Waals surface area contributed by atoms with Crippen LogP contribution in [0.1, 0.15) is 10.4 Å². The molecule has 0 aliphatic heterocycles. The smallest absolute Gasteiger partial charge is 0.545 e. The number of hydrogen-bond acceptors (Lipinski definition) is 4. The van der Waals surface area contributed by atoms with Crippen LogP contribution in [0.5, 0.6) is 0 Å². The van der Waals surface area contributed by atoms with Gasteiger partial charge < -0.3 is 9.90 Å². The molecule has 4 nitrogen and oxygen atoms in total. The standard InChI is InChI=1S/C11H8N2O2.Na/c14-11(15)8-4-6-13-10(7-8)9-3-1-2-5-12-9;/h1-7H,(H,14,15);/q;+1/p-1. The van der Waals surface area contributed by atoms with Gasteiger partial charge in [-0.15, -0.1) is 0 Å². The van der Waals surface area contributed by atoms with Crippen LogP contribution in [0.15, 0.2) is 42.7 Å². The molecular formula is C11H7N2NaO2. The van der Waals surface area contributed by atoms with Gasteiger partial charge in [-0.3, -0.25) is 9.97 Å². The van der Waals surface area contributed by atoms with Crippen molar-refractivity contribution in [2.45, 2.75) is 0 Å². The maximum Gasteiger partial charge on any atom is 1.00 e. The van der Waals surface area contributed by atoms with Crippen LogP contribution in [0, 0.1) is 0 Å². The SMILES string of the molecule is O=C([O-])c1ccnc(-c2ccccn2)c1.[Na+]. The van der Waals surface area contributed by atoms with Gasteiger partial charge >= 0.3 is 29.6 Å². The van der Waals surface area contributed by atoms with Crippen molar-refractivity contribution in [3.63, 3.8) is 0 Å². The third-order valence-electron chi connectivity index (χ3n) is 1.92. The number of nitrogens with zero attached hydrogens (tertiary/aromatic N) is 2. The molecular weight excluding hydrogens is 215 g/mol. The van der Waals surface area contributed by atoms with Gasteiger partial charge in [-0.25, -0.2) is 0 Å². The van der Waals surface area contributed by atoms with Crippen molar-refractivity contribution in [3.05, 3.63) is 48.3 Å². The average Bonchev–Trinajstić information content (AvgIpc) is 2.30. The minimum absolute atomic E-state index is 0. The van der Waals surface area contributed by atoms with E-state index in [1.165, 1.54) is 18.3 Å². The first-order valence-corrected chi connectivity index (χ1v) is 4.36. The number of carboxylic acids is 1. The first-order valence-electron chi connectivity index (χ1n) is 4.36. The van der Waals surface area contributed by atoms with Crippen molar-refractivity contribution in [1.29, 1.82) is 0 Å². The summed E-state index contributed by atoms with van der Waals surface area (Å²) in [6.45, 7) is 0. The van der Waals surface area contributed by atoms with E-state index >= 15 is 0 Å². The molecule has 2 rings (SSSR count). The number of carboxylic acid groups (broad SMARTS) is 1. The zero-order valence-corrected chi connectivity index (χ0v) is 10.8. The number of pyridine rings is 2. The second-order valence-corrected chi connectivity index (χ2v) is 2.93. The molecule has 2 aromatic heterocycles. The Morgan fingerprint density at radius 1 is 1.06 bits per heavy atom. The van der Waals surface area contributed by atoms with Gasteiger partial charge in [0.15, 0.2) is 0 Å².